The predicted octanol–water partition coefficient (Wildman–Crippen LogP) is 1.44. The highest BCUT2D eigenvalue weighted by Crippen LogP contribution is 2.07. The predicted molar refractivity (Wildman–Crippen MR) is 46.9 cm³/mol. The SMILES string of the molecule is CC(=CCN)c1ccccn1. The van der Waals surface area contributed by atoms with Crippen molar-refractivity contribution < 1.29 is 0 Å². The first-order valence-electron chi connectivity index (χ1n) is 3.63. The summed E-state index contributed by atoms with van der Waals surface area (Å²) in [5.74, 6) is 0. The number of rotatable bonds is 2. The summed E-state index contributed by atoms with van der Waals surface area (Å²) >= 11 is 0. The van der Waals surface area contributed by atoms with Crippen LogP contribution in [-0.2, 0) is 0 Å². The van der Waals surface area contributed by atoms with Crippen LogP contribution >= 0.6 is 0 Å². The third-order valence-electron chi connectivity index (χ3n) is 1.49. The molecule has 0 aliphatic carbocycles. The Morgan fingerprint density at radius 1 is 1.64 bits per heavy atom. The number of allylic oxidation sites excluding steroid dienone is 1. The lowest BCUT2D eigenvalue weighted by Gasteiger charge is -1.97. The molecule has 0 spiro atoms. The number of aromatic nitrogens is 1. The van der Waals surface area contributed by atoms with Crippen molar-refractivity contribution in [1.29, 1.82) is 0 Å². The van der Waals surface area contributed by atoms with E-state index in [4.69, 9.17) is 5.73 Å². The normalized spacial score (nSPS) is 11.6. The maximum absolute atomic E-state index is 5.36. The molecule has 0 aromatic carbocycles. The lowest BCUT2D eigenvalue weighted by Crippen LogP contribution is -1.95. The first kappa shape index (κ1) is 7.95. The highest BCUT2D eigenvalue weighted by Gasteiger charge is 1.92. The number of nitrogens with zero attached hydrogens (tertiary/aromatic N) is 1. The van der Waals surface area contributed by atoms with Crippen LogP contribution in [0.5, 0.6) is 0 Å². The minimum absolute atomic E-state index is 0.572. The zero-order valence-corrected chi connectivity index (χ0v) is 6.62. The van der Waals surface area contributed by atoms with Crippen LogP contribution < -0.4 is 5.73 Å². The average Bonchev–Trinajstić information content (AvgIpc) is 2.07. The smallest absolute Gasteiger partial charge is 0.0656 e. The summed E-state index contributed by atoms with van der Waals surface area (Å²) in [6, 6.07) is 5.84. The van der Waals surface area contributed by atoms with Gasteiger partial charge in [-0.1, -0.05) is 12.1 Å². The summed E-state index contributed by atoms with van der Waals surface area (Å²) in [5, 5.41) is 0. The van der Waals surface area contributed by atoms with Gasteiger partial charge in [0.15, 0.2) is 0 Å². The maximum atomic E-state index is 5.36. The van der Waals surface area contributed by atoms with E-state index in [1.54, 1.807) is 6.20 Å². The Morgan fingerprint density at radius 3 is 3.00 bits per heavy atom. The average molecular weight is 148 g/mol. The van der Waals surface area contributed by atoms with Crippen LogP contribution in [0.1, 0.15) is 12.6 Å². The van der Waals surface area contributed by atoms with Gasteiger partial charge < -0.3 is 5.73 Å². The van der Waals surface area contributed by atoms with Gasteiger partial charge in [-0.05, 0) is 24.6 Å². The van der Waals surface area contributed by atoms with Gasteiger partial charge in [0, 0.05) is 12.7 Å². The zero-order chi connectivity index (χ0) is 8.10. The third-order valence-corrected chi connectivity index (χ3v) is 1.49. The molecular weight excluding hydrogens is 136 g/mol. The van der Waals surface area contributed by atoms with Crippen molar-refractivity contribution >= 4 is 5.57 Å². The molecule has 1 aromatic rings. The molecule has 2 nitrogen and oxygen atoms in total. The van der Waals surface area contributed by atoms with Gasteiger partial charge in [0.05, 0.1) is 5.69 Å². The van der Waals surface area contributed by atoms with Gasteiger partial charge in [-0.3, -0.25) is 4.98 Å². The molecule has 2 heteroatoms. The Balaban J connectivity index is 2.85. The van der Waals surface area contributed by atoms with Crippen molar-refractivity contribution in [3.05, 3.63) is 36.2 Å². The van der Waals surface area contributed by atoms with Gasteiger partial charge in [0.2, 0.25) is 0 Å². The van der Waals surface area contributed by atoms with E-state index < -0.39 is 0 Å². The first-order valence-corrected chi connectivity index (χ1v) is 3.63. The van der Waals surface area contributed by atoms with Gasteiger partial charge in [-0.15, -0.1) is 0 Å². The second-order valence-electron chi connectivity index (χ2n) is 2.34. The number of pyridine rings is 1. The summed E-state index contributed by atoms with van der Waals surface area (Å²) in [7, 11) is 0. The lowest BCUT2D eigenvalue weighted by atomic mass is 10.2. The van der Waals surface area contributed by atoms with E-state index >= 15 is 0 Å². The van der Waals surface area contributed by atoms with Crippen molar-refractivity contribution in [2.45, 2.75) is 6.92 Å². The molecule has 0 fully saturated rings. The molecule has 1 aromatic heterocycles. The topological polar surface area (TPSA) is 38.9 Å². The second-order valence-corrected chi connectivity index (χ2v) is 2.34. The van der Waals surface area contributed by atoms with Crippen molar-refractivity contribution in [2.75, 3.05) is 6.54 Å². The Labute approximate surface area is 66.8 Å². The van der Waals surface area contributed by atoms with Gasteiger partial charge >= 0.3 is 0 Å². The van der Waals surface area contributed by atoms with Crippen molar-refractivity contribution in [3.63, 3.8) is 0 Å². The van der Waals surface area contributed by atoms with E-state index in [-0.39, 0.29) is 0 Å². The molecule has 2 N–H and O–H groups in total. The summed E-state index contributed by atoms with van der Waals surface area (Å²) in [6.45, 7) is 2.58. The van der Waals surface area contributed by atoms with Crippen molar-refractivity contribution in [3.8, 4) is 0 Å². The van der Waals surface area contributed by atoms with Crippen LogP contribution in [0.3, 0.4) is 0 Å². The van der Waals surface area contributed by atoms with E-state index in [9.17, 15) is 0 Å². The molecular formula is C9H12N2. The van der Waals surface area contributed by atoms with Crippen LogP contribution in [0.25, 0.3) is 5.57 Å². The molecule has 0 saturated carbocycles. The van der Waals surface area contributed by atoms with Crippen molar-refractivity contribution in [1.82, 2.24) is 4.98 Å². The first-order chi connectivity index (χ1) is 5.34. The molecule has 0 bridgehead atoms. The summed E-state index contributed by atoms with van der Waals surface area (Å²) in [4.78, 5) is 4.17. The van der Waals surface area contributed by atoms with E-state index in [0.29, 0.717) is 6.54 Å². The Bertz CT molecular complexity index is 239. The highest BCUT2D eigenvalue weighted by atomic mass is 14.7. The third kappa shape index (κ3) is 2.16. The molecule has 11 heavy (non-hydrogen) atoms. The monoisotopic (exact) mass is 148 g/mol. The van der Waals surface area contributed by atoms with E-state index in [2.05, 4.69) is 4.98 Å². The van der Waals surface area contributed by atoms with Crippen LogP contribution in [0.2, 0.25) is 0 Å². The fourth-order valence-electron chi connectivity index (χ4n) is 0.877. The minimum atomic E-state index is 0.572. The number of hydrogen-bond donors (Lipinski definition) is 1. The fourth-order valence-corrected chi connectivity index (χ4v) is 0.877. The largest absolute Gasteiger partial charge is 0.327 e. The molecule has 1 rings (SSSR count). The van der Waals surface area contributed by atoms with Crippen LogP contribution in [-0.4, -0.2) is 11.5 Å². The second kappa shape index (κ2) is 3.88. The van der Waals surface area contributed by atoms with Gasteiger partial charge in [0.1, 0.15) is 0 Å². The zero-order valence-electron chi connectivity index (χ0n) is 6.62. The van der Waals surface area contributed by atoms with Crippen LogP contribution in [0.4, 0.5) is 0 Å². The summed E-state index contributed by atoms with van der Waals surface area (Å²) in [6.07, 6.45) is 3.74. The Hall–Kier alpha value is -1.15. The molecule has 1 heterocycles. The molecule has 58 valence electrons. The standard InChI is InChI=1S/C9H12N2/c1-8(5-6-10)9-4-2-3-7-11-9/h2-5,7H,6,10H2,1H3. The molecule has 0 aliphatic heterocycles. The van der Waals surface area contributed by atoms with Gasteiger partial charge in [-0.2, -0.15) is 0 Å². The summed E-state index contributed by atoms with van der Waals surface area (Å²) in [5.41, 5.74) is 7.49. The van der Waals surface area contributed by atoms with E-state index in [0.717, 1.165) is 11.3 Å². The number of nitrogens with two attached hydrogens (primary N) is 1. The van der Waals surface area contributed by atoms with Gasteiger partial charge in [-0.25, -0.2) is 0 Å². The molecule has 0 amide bonds. The van der Waals surface area contributed by atoms with E-state index in [1.807, 2.05) is 31.2 Å². The fraction of sp³-hybridized carbons (Fsp3) is 0.222. The minimum Gasteiger partial charge on any atom is -0.327 e. The molecule has 0 atom stereocenters. The highest BCUT2D eigenvalue weighted by molar-refractivity contribution is 5.60. The Kier molecular flexibility index (Phi) is 2.81. The van der Waals surface area contributed by atoms with Crippen molar-refractivity contribution in [2.24, 2.45) is 5.73 Å². The maximum Gasteiger partial charge on any atom is 0.0656 e. The lowest BCUT2D eigenvalue weighted by molar-refractivity contribution is 1.22. The quantitative estimate of drug-likeness (QED) is 0.689. The number of hydrogen-bond acceptors (Lipinski definition) is 2. The molecule has 0 saturated heterocycles. The molecule has 0 unspecified atom stereocenters. The van der Waals surface area contributed by atoms with E-state index in [1.165, 1.54) is 0 Å². The summed E-state index contributed by atoms with van der Waals surface area (Å²) < 4.78 is 0. The molecule has 0 aliphatic rings. The van der Waals surface area contributed by atoms with Crippen LogP contribution in [0, 0.1) is 0 Å². The Morgan fingerprint density at radius 2 is 2.45 bits per heavy atom. The van der Waals surface area contributed by atoms with Gasteiger partial charge in [0.25, 0.3) is 0 Å². The molecule has 0 radical (unpaired) electrons. The van der Waals surface area contributed by atoms with Crippen LogP contribution in [0.15, 0.2) is 30.5 Å².